The topological polar surface area (TPSA) is 77.1 Å². The lowest BCUT2D eigenvalue weighted by Gasteiger charge is -2.28. The van der Waals surface area contributed by atoms with Crippen molar-refractivity contribution >= 4 is 17.5 Å². The summed E-state index contributed by atoms with van der Waals surface area (Å²) in [7, 11) is 1.58. The first kappa shape index (κ1) is 23.2. The van der Waals surface area contributed by atoms with Gasteiger partial charge in [-0.15, -0.1) is 13.2 Å². The summed E-state index contributed by atoms with van der Waals surface area (Å²) in [5.41, 5.74) is 0.338. The van der Waals surface area contributed by atoms with Crippen LogP contribution in [0.5, 0.6) is 11.5 Å². The van der Waals surface area contributed by atoms with Crippen LogP contribution in [0.2, 0.25) is 0 Å². The van der Waals surface area contributed by atoms with Crippen molar-refractivity contribution in [1.29, 1.82) is 0 Å². The summed E-state index contributed by atoms with van der Waals surface area (Å²) < 4.78 is 52.4. The molecule has 0 unspecified atom stereocenters. The van der Waals surface area contributed by atoms with Gasteiger partial charge in [-0.05, 0) is 48.9 Å². The normalized spacial score (nSPS) is 27.6. The Morgan fingerprint density at radius 1 is 1.14 bits per heavy atom. The molecule has 184 valence electrons. The van der Waals surface area contributed by atoms with Crippen LogP contribution in [-0.2, 0) is 14.3 Å². The van der Waals surface area contributed by atoms with Crippen molar-refractivity contribution in [2.75, 3.05) is 19.0 Å². The number of anilines is 1. The molecule has 2 fully saturated rings. The van der Waals surface area contributed by atoms with E-state index in [0.717, 1.165) is 17.7 Å². The van der Waals surface area contributed by atoms with E-state index < -0.39 is 41.6 Å². The van der Waals surface area contributed by atoms with Crippen LogP contribution in [-0.4, -0.2) is 48.4 Å². The van der Waals surface area contributed by atoms with E-state index in [2.05, 4.69) is 10.1 Å². The maximum absolute atomic E-state index is 13.5. The molecular weight excluding hydrogens is 465 g/mol. The fourth-order valence-electron chi connectivity index (χ4n) is 5.18. The van der Waals surface area contributed by atoms with Crippen molar-refractivity contribution in [1.82, 2.24) is 4.90 Å². The fourth-order valence-corrected chi connectivity index (χ4v) is 5.18. The van der Waals surface area contributed by atoms with Gasteiger partial charge in [0.05, 0.1) is 37.6 Å². The zero-order valence-corrected chi connectivity index (χ0v) is 18.9. The second-order valence-electron chi connectivity index (χ2n) is 8.88. The van der Waals surface area contributed by atoms with Crippen LogP contribution in [0.15, 0.2) is 60.7 Å². The maximum Gasteiger partial charge on any atom is 0.573 e. The summed E-state index contributed by atoms with van der Waals surface area (Å²) in [5, 5.41) is 2.70. The van der Waals surface area contributed by atoms with E-state index in [1.807, 2.05) is 37.3 Å². The number of carbonyl (C=O) groups is 2. The molecule has 2 bridgehead atoms. The largest absolute Gasteiger partial charge is 0.573 e. The molecule has 0 aliphatic carbocycles. The van der Waals surface area contributed by atoms with E-state index in [-0.39, 0.29) is 11.9 Å². The Hall–Kier alpha value is -3.53. The smallest absolute Gasteiger partial charge is 0.497 e. The molecule has 7 nitrogen and oxygen atoms in total. The van der Waals surface area contributed by atoms with E-state index in [1.54, 1.807) is 18.1 Å². The van der Waals surface area contributed by atoms with Gasteiger partial charge in [0, 0.05) is 5.69 Å². The zero-order chi connectivity index (χ0) is 25.0. The fraction of sp³-hybridized carbons (Fsp3) is 0.360. The van der Waals surface area contributed by atoms with Gasteiger partial charge in [0.2, 0.25) is 11.8 Å². The molecule has 5 rings (SSSR count). The number of hydrogen-bond acceptors (Lipinski definition) is 5. The Morgan fingerprint density at radius 2 is 1.80 bits per heavy atom. The molecule has 1 spiro atoms. The van der Waals surface area contributed by atoms with Gasteiger partial charge in [-0.1, -0.05) is 24.3 Å². The van der Waals surface area contributed by atoms with Gasteiger partial charge in [0.15, 0.2) is 0 Å². The average molecular weight is 488 g/mol. The van der Waals surface area contributed by atoms with Crippen LogP contribution in [0.4, 0.5) is 18.9 Å². The van der Waals surface area contributed by atoms with Crippen LogP contribution < -0.4 is 14.8 Å². The summed E-state index contributed by atoms with van der Waals surface area (Å²) in [6.07, 6.45) is -1.68. The van der Waals surface area contributed by atoms with Crippen LogP contribution in [0.1, 0.15) is 18.5 Å². The Balaban J connectivity index is 1.32. The first-order valence-electron chi connectivity index (χ1n) is 11.1. The number of nitrogens with zero attached hydrogens (tertiary/aromatic N) is 1. The number of hydrogen-bond donors (Lipinski definition) is 1. The number of benzene rings is 2. The number of likely N-dealkylation sites (tertiary alicyclic amines) is 1. The molecule has 0 saturated carbocycles. The lowest BCUT2D eigenvalue weighted by atomic mass is 9.76. The Kier molecular flexibility index (Phi) is 5.51. The van der Waals surface area contributed by atoms with E-state index in [1.165, 1.54) is 12.1 Å². The van der Waals surface area contributed by atoms with Gasteiger partial charge in [0.1, 0.15) is 17.1 Å². The number of carbonyl (C=O) groups excluding carboxylic acids is 2. The molecule has 3 aliphatic heterocycles. The summed E-state index contributed by atoms with van der Waals surface area (Å²) in [6, 6.07) is 12.1. The number of methoxy groups -OCH3 is 1. The molecule has 5 atom stereocenters. The summed E-state index contributed by atoms with van der Waals surface area (Å²) >= 11 is 0. The number of rotatable bonds is 6. The first-order valence-corrected chi connectivity index (χ1v) is 11.1. The zero-order valence-electron chi connectivity index (χ0n) is 18.9. The molecule has 2 aromatic carbocycles. The molecule has 2 aromatic rings. The van der Waals surface area contributed by atoms with E-state index in [9.17, 15) is 22.8 Å². The molecule has 2 saturated heterocycles. The van der Waals surface area contributed by atoms with Gasteiger partial charge < -0.3 is 24.4 Å². The van der Waals surface area contributed by atoms with Gasteiger partial charge >= 0.3 is 6.36 Å². The van der Waals surface area contributed by atoms with Crippen molar-refractivity contribution in [3.05, 3.63) is 66.2 Å². The van der Waals surface area contributed by atoms with Crippen LogP contribution in [0, 0.1) is 11.8 Å². The molecule has 0 aromatic heterocycles. The summed E-state index contributed by atoms with van der Waals surface area (Å²) in [5.74, 6) is -1.73. The van der Waals surface area contributed by atoms with E-state index >= 15 is 0 Å². The quantitative estimate of drug-likeness (QED) is 0.621. The molecule has 1 N–H and O–H groups in total. The lowest BCUT2D eigenvalue weighted by molar-refractivity contribution is -0.274. The van der Waals surface area contributed by atoms with Gasteiger partial charge in [-0.25, -0.2) is 0 Å². The summed E-state index contributed by atoms with van der Waals surface area (Å²) in [6.45, 7) is 2.25. The number of alkyl halides is 3. The van der Waals surface area contributed by atoms with Gasteiger partial charge in [-0.2, -0.15) is 0 Å². The Morgan fingerprint density at radius 3 is 2.43 bits per heavy atom. The highest BCUT2D eigenvalue weighted by molar-refractivity contribution is 5.99. The monoisotopic (exact) mass is 488 g/mol. The molecule has 3 heterocycles. The van der Waals surface area contributed by atoms with Crippen molar-refractivity contribution in [3.63, 3.8) is 0 Å². The first-order chi connectivity index (χ1) is 16.6. The van der Waals surface area contributed by atoms with E-state index in [4.69, 9.17) is 9.47 Å². The SMILES string of the molecule is COc1ccc([C@H](C)N2C[C@@]34C=C[C@H](O3)[C@H](C(=O)Nc3ccc(OC(F)(F)F)cc3)[C@@H]4C2=O)cc1. The third-order valence-electron chi connectivity index (χ3n) is 6.85. The molecule has 10 heteroatoms. The number of nitrogens with one attached hydrogen (secondary N) is 1. The predicted octanol–water partition coefficient (Wildman–Crippen LogP) is 4.08. The van der Waals surface area contributed by atoms with Crippen LogP contribution >= 0.6 is 0 Å². The second-order valence-corrected chi connectivity index (χ2v) is 8.88. The molecular formula is C25H23F3N2O5. The highest BCUT2D eigenvalue weighted by atomic mass is 19.4. The second kappa shape index (κ2) is 8.30. The number of fused-ring (bicyclic) bond motifs is 1. The van der Waals surface area contributed by atoms with Crippen LogP contribution in [0.3, 0.4) is 0 Å². The number of halogens is 3. The third-order valence-corrected chi connectivity index (χ3v) is 6.85. The van der Waals surface area contributed by atoms with Gasteiger partial charge in [0.25, 0.3) is 0 Å². The average Bonchev–Trinajstić information content (AvgIpc) is 3.47. The Bertz CT molecular complexity index is 1170. The highest BCUT2D eigenvalue weighted by Gasteiger charge is 2.67. The Labute approximate surface area is 199 Å². The van der Waals surface area contributed by atoms with Crippen molar-refractivity contribution in [2.45, 2.75) is 31.0 Å². The minimum absolute atomic E-state index is 0.172. The standard InChI is InChI=1S/C25H23F3N2O5/c1-14(15-3-7-17(33-2)8-4-15)30-13-24-12-11-19(35-24)20(21(24)23(30)32)22(31)29-16-5-9-18(10-6-16)34-25(26,27)28/h3-12,14,19-21H,13H2,1-2H3,(H,29,31)/t14-,19-,20-,21+,24+/m0/s1. The minimum atomic E-state index is -4.80. The number of ether oxygens (including phenoxy) is 3. The third kappa shape index (κ3) is 4.12. The summed E-state index contributed by atoms with van der Waals surface area (Å²) in [4.78, 5) is 28.5. The predicted molar refractivity (Wildman–Crippen MR) is 119 cm³/mol. The molecule has 2 amide bonds. The van der Waals surface area contributed by atoms with Crippen molar-refractivity contribution < 1.29 is 37.0 Å². The molecule has 3 aliphatic rings. The van der Waals surface area contributed by atoms with E-state index in [0.29, 0.717) is 18.0 Å². The highest BCUT2D eigenvalue weighted by Crippen LogP contribution is 2.53. The van der Waals surface area contributed by atoms with Crippen LogP contribution in [0.25, 0.3) is 0 Å². The molecule has 0 radical (unpaired) electrons. The maximum atomic E-state index is 13.5. The number of amides is 2. The van der Waals surface area contributed by atoms with Crippen molar-refractivity contribution in [2.24, 2.45) is 11.8 Å². The minimum Gasteiger partial charge on any atom is -0.497 e. The lowest BCUT2D eigenvalue weighted by Crippen LogP contribution is -2.41. The van der Waals surface area contributed by atoms with Crippen molar-refractivity contribution in [3.8, 4) is 11.5 Å². The molecule has 35 heavy (non-hydrogen) atoms. The van der Waals surface area contributed by atoms with Gasteiger partial charge in [-0.3, -0.25) is 9.59 Å².